The summed E-state index contributed by atoms with van der Waals surface area (Å²) in [6.07, 6.45) is -4.32. The van der Waals surface area contributed by atoms with E-state index in [2.05, 4.69) is 0 Å². The van der Waals surface area contributed by atoms with Crippen molar-refractivity contribution in [2.24, 2.45) is 0 Å². The Balaban J connectivity index is 2.79. The molecule has 5 heteroatoms. The van der Waals surface area contributed by atoms with E-state index in [0.29, 0.717) is 10.6 Å². The van der Waals surface area contributed by atoms with Crippen LogP contribution in [0.2, 0.25) is 0 Å². The quantitative estimate of drug-likeness (QED) is 0.692. The molecular weight excluding hydrogens is 195 g/mol. The molecule has 0 unspecified atom stereocenters. The lowest BCUT2D eigenvalue weighted by molar-refractivity contribution is -0.137. The second kappa shape index (κ2) is 3.98. The van der Waals surface area contributed by atoms with Crippen molar-refractivity contribution < 1.29 is 13.2 Å². The van der Waals surface area contributed by atoms with Gasteiger partial charge in [-0.3, -0.25) is 0 Å². The number of rotatable bonds is 2. The summed E-state index contributed by atoms with van der Waals surface area (Å²) >= 11 is 0. The minimum absolute atomic E-state index is 0.0954. The number of nitrogens with zero attached hydrogens (tertiary/aromatic N) is 1. The Kier molecular flexibility index (Phi) is 3.13. The molecule has 0 saturated carbocycles. The van der Waals surface area contributed by atoms with Crippen LogP contribution >= 0.6 is 0 Å². The summed E-state index contributed by atoms with van der Waals surface area (Å²) in [4.78, 5) is 0. The number of hydrogen-bond donors (Lipinski definition) is 0. The van der Waals surface area contributed by atoms with Gasteiger partial charge in [0.15, 0.2) is 0 Å². The molecule has 0 heterocycles. The fourth-order valence-corrected chi connectivity index (χ4v) is 1.06. The number of benzene rings is 1. The summed E-state index contributed by atoms with van der Waals surface area (Å²) in [6, 6.07) is 4.55. The summed E-state index contributed by atoms with van der Waals surface area (Å²) in [6.45, 7) is 0.0954. The molecule has 1 rings (SSSR count). The third-order valence-corrected chi connectivity index (χ3v) is 1.69. The van der Waals surface area contributed by atoms with Gasteiger partial charge in [-0.05, 0) is 24.7 Å². The molecule has 14 heavy (non-hydrogen) atoms. The predicted octanol–water partition coefficient (Wildman–Crippen LogP) is 2.64. The smallest absolute Gasteiger partial charge is 0.416 e. The third kappa shape index (κ3) is 3.01. The first kappa shape index (κ1) is 11.0. The Labute approximate surface area is 79.5 Å². The minimum atomic E-state index is -4.32. The Hall–Kier alpha value is -1.07. The maximum absolute atomic E-state index is 12.1. The molecule has 0 bridgehead atoms. The molecule has 0 fully saturated rings. The summed E-state index contributed by atoms with van der Waals surface area (Å²) in [5.74, 6) is 0. The van der Waals surface area contributed by atoms with Crippen molar-refractivity contribution in [3.63, 3.8) is 0 Å². The van der Waals surface area contributed by atoms with Crippen LogP contribution in [0.3, 0.4) is 0 Å². The molecule has 1 aromatic rings. The summed E-state index contributed by atoms with van der Waals surface area (Å²) in [7, 11) is 1.32. The van der Waals surface area contributed by atoms with Crippen LogP contribution in [0.25, 0.3) is 0 Å². The average Bonchev–Trinajstić information content (AvgIpc) is 2.02. The Bertz CT molecular complexity index is 292. The maximum atomic E-state index is 12.1. The van der Waals surface area contributed by atoms with E-state index >= 15 is 0 Å². The van der Waals surface area contributed by atoms with Crippen molar-refractivity contribution in [2.45, 2.75) is 12.7 Å². The van der Waals surface area contributed by atoms with Crippen molar-refractivity contribution in [1.82, 2.24) is 5.06 Å². The summed E-state index contributed by atoms with van der Waals surface area (Å²) in [5, 5.41) is 11.2. The van der Waals surface area contributed by atoms with Gasteiger partial charge in [-0.2, -0.15) is 13.2 Å². The summed E-state index contributed by atoms with van der Waals surface area (Å²) in [5.41, 5.74) is -0.134. The van der Waals surface area contributed by atoms with E-state index in [0.717, 1.165) is 12.1 Å². The number of hydroxylamine groups is 2. The monoisotopic (exact) mass is 204 g/mol. The minimum Gasteiger partial charge on any atom is -0.785 e. The SMILES string of the molecule is CN([O-])Cc1ccc(C(F)(F)F)cc1. The van der Waals surface area contributed by atoms with Gasteiger partial charge < -0.3 is 10.3 Å². The van der Waals surface area contributed by atoms with Gasteiger partial charge in [0.2, 0.25) is 0 Å². The number of hydrogen-bond acceptors (Lipinski definition) is 2. The van der Waals surface area contributed by atoms with E-state index < -0.39 is 11.7 Å². The van der Waals surface area contributed by atoms with Gasteiger partial charge in [-0.1, -0.05) is 12.1 Å². The van der Waals surface area contributed by atoms with Crippen LogP contribution in [0, 0.1) is 5.21 Å². The van der Waals surface area contributed by atoms with Crippen molar-refractivity contribution in [3.8, 4) is 0 Å². The lowest BCUT2D eigenvalue weighted by Crippen LogP contribution is -2.09. The standard InChI is InChI=1S/C9H9F3NO/c1-13(14)6-7-2-4-8(5-3-7)9(10,11)12/h2-5H,6H2,1H3/q-1. The summed E-state index contributed by atoms with van der Waals surface area (Å²) < 4.78 is 36.3. The van der Waals surface area contributed by atoms with Crippen molar-refractivity contribution in [1.29, 1.82) is 0 Å². The van der Waals surface area contributed by atoms with Crippen LogP contribution < -0.4 is 0 Å². The molecule has 2 nitrogen and oxygen atoms in total. The van der Waals surface area contributed by atoms with E-state index in [4.69, 9.17) is 0 Å². The zero-order valence-electron chi connectivity index (χ0n) is 7.51. The van der Waals surface area contributed by atoms with Crippen LogP contribution in [-0.2, 0) is 12.7 Å². The van der Waals surface area contributed by atoms with Crippen LogP contribution in [0.15, 0.2) is 24.3 Å². The average molecular weight is 204 g/mol. The molecule has 1 aromatic carbocycles. The van der Waals surface area contributed by atoms with Crippen LogP contribution in [0.1, 0.15) is 11.1 Å². The van der Waals surface area contributed by atoms with Crippen molar-refractivity contribution >= 4 is 0 Å². The van der Waals surface area contributed by atoms with E-state index in [9.17, 15) is 18.4 Å². The van der Waals surface area contributed by atoms with Gasteiger partial charge in [0, 0.05) is 6.54 Å². The largest absolute Gasteiger partial charge is 0.785 e. The molecule has 0 aromatic heterocycles. The van der Waals surface area contributed by atoms with E-state index in [1.54, 1.807) is 0 Å². The first-order valence-corrected chi connectivity index (χ1v) is 3.94. The van der Waals surface area contributed by atoms with Gasteiger partial charge in [0.05, 0.1) is 5.56 Å². The highest BCUT2D eigenvalue weighted by Crippen LogP contribution is 2.29. The highest BCUT2D eigenvalue weighted by molar-refractivity contribution is 5.24. The number of alkyl halides is 3. The Morgan fingerprint density at radius 2 is 1.71 bits per heavy atom. The Morgan fingerprint density at radius 1 is 1.21 bits per heavy atom. The van der Waals surface area contributed by atoms with Crippen LogP contribution in [0.4, 0.5) is 13.2 Å². The predicted molar refractivity (Wildman–Crippen MR) is 46.3 cm³/mol. The van der Waals surface area contributed by atoms with Gasteiger partial charge in [-0.25, -0.2) is 0 Å². The lowest BCUT2D eigenvalue weighted by Gasteiger charge is -2.21. The van der Waals surface area contributed by atoms with Gasteiger partial charge >= 0.3 is 6.18 Å². The van der Waals surface area contributed by atoms with E-state index in [-0.39, 0.29) is 6.54 Å². The normalized spacial score (nSPS) is 12.1. The second-order valence-electron chi connectivity index (χ2n) is 2.98. The molecule has 0 aliphatic heterocycles. The number of halogens is 3. The van der Waals surface area contributed by atoms with Gasteiger partial charge in [-0.15, -0.1) is 0 Å². The molecule has 0 spiro atoms. The molecular formula is C9H9F3NO-. The zero-order valence-corrected chi connectivity index (χ0v) is 7.51. The van der Waals surface area contributed by atoms with Crippen molar-refractivity contribution in [3.05, 3.63) is 40.6 Å². The molecule has 0 atom stereocenters. The molecule has 0 saturated heterocycles. The third-order valence-electron chi connectivity index (χ3n) is 1.69. The molecule has 0 aliphatic rings. The van der Waals surface area contributed by atoms with E-state index in [1.807, 2.05) is 0 Å². The fraction of sp³-hybridized carbons (Fsp3) is 0.333. The molecule has 0 radical (unpaired) electrons. The first-order chi connectivity index (χ1) is 6.39. The van der Waals surface area contributed by atoms with Gasteiger partial charge in [0.1, 0.15) is 0 Å². The van der Waals surface area contributed by atoms with Gasteiger partial charge in [0.25, 0.3) is 0 Å². The fourth-order valence-electron chi connectivity index (χ4n) is 1.06. The van der Waals surface area contributed by atoms with Crippen LogP contribution in [-0.4, -0.2) is 12.1 Å². The molecule has 0 aliphatic carbocycles. The van der Waals surface area contributed by atoms with Crippen LogP contribution in [0.5, 0.6) is 0 Å². The zero-order chi connectivity index (χ0) is 10.8. The molecule has 78 valence electrons. The highest BCUT2D eigenvalue weighted by atomic mass is 19.4. The second-order valence-corrected chi connectivity index (χ2v) is 2.98. The lowest BCUT2D eigenvalue weighted by atomic mass is 10.1. The van der Waals surface area contributed by atoms with E-state index in [1.165, 1.54) is 19.2 Å². The Morgan fingerprint density at radius 3 is 2.07 bits per heavy atom. The topological polar surface area (TPSA) is 26.3 Å². The molecule has 0 N–H and O–H groups in total. The first-order valence-electron chi connectivity index (χ1n) is 3.94. The maximum Gasteiger partial charge on any atom is 0.416 e. The highest BCUT2D eigenvalue weighted by Gasteiger charge is 2.29. The van der Waals surface area contributed by atoms with Crippen molar-refractivity contribution in [2.75, 3.05) is 7.05 Å². The molecule has 0 amide bonds.